The summed E-state index contributed by atoms with van der Waals surface area (Å²) in [6, 6.07) is 9.11. The van der Waals surface area contributed by atoms with Crippen LogP contribution in [0, 0.1) is 5.92 Å². The van der Waals surface area contributed by atoms with E-state index in [4.69, 9.17) is 4.74 Å². The molecule has 0 aromatic heterocycles. The van der Waals surface area contributed by atoms with Crippen LogP contribution in [-0.2, 0) is 11.3 Å². The average Bonchev–Trinajstić information content (AvgIpc) is 2.61. The van der Waals surface area contributed by atoms with Gasteiger partial charge in [0.25, 0.3) is 0 Å². The van der Waals surface area contributed by atoms with E-state index in [9.17, 15) is 0 Å². The number of benzene rings is 1. The highest BCUT2D eigenvalue weighted by Crippen LogP contribution is 2.36. The molecule has 1 aliphatic rings. The van der Waals surface area contributed by atoms with Gasteiger partial charge in [-0.1, -0.05) is 49.4 Å². The average molecular weight is 312 g/mol. The first-order chi connectivity index (χ1) is 11.3. The summed E-state index contributed by atoms with van der Waals surface area (Å²) >= 11 is 0. The van der Waals surface area contributed by atoms with E-state index in [0.29, 0.717) is 0 Å². The SMILES string of the molecule is C=CCCCOCc1ccc([C@H]2CC[C@H](/C=C/CC)CC2)cc1. The molecule has 0 bridgehead atoms. The lowest BCUT2D eigenvalue weighted by Crippen LogP contribution is -2.11. The molecule has 0 heterocycles. The molecule has 0 saturated heterocycles. The fourth-order valence-electron chi connectivity index (χ4n) is 3.38. The van der Waals surface area contributed by atoms with Crippen LogP contribution in [0.4, 0.5) is 0 Å². The Kier molecular flexibility index (Phi) is 8.17. The van der Waals surface area contributed by atoms with Gasteiger partial charge in [0.2, 0.25) is 0 Å². The van der Waals surface area contributed by atoms with Crippen molar-refractivity contribution in [2.45, 2.75) is 64.4 Å². The van der Waals surface area contributed by atoms with Gasteiger partial charge in [-0.25, -0.2) is 0 Å². The van der Waals surface area contributed by atoms with E-state index < -0.39 is 0 Å². The molecule has 2 rings (SSSR count). The molecule has 0 atom stereocenters. The molecule has 1 nitrogen and oxygen atoms in total. The number of ether oxygens (including phenoxy) is 1. The first-order valence-electron chi connectivity index (χ1n) is 9.27. The summed E-state index contributed by atoms with van der Waals surface area (Å²) in [5.74, 6) is 1.57. The number of rotatable bonds is 9. The third-order valence-electron chi connectivity index (χ3n) is 4.83. The van der Waals surface area contributed by atoms with Gasteiger partial charge >= 0.3 is 0 Å². The maximum Gasteiger partial charge on any atom is 0.0716 e. The van der Waals surface area contributed by atoms with Crippen LogP contribution in [0.15, 0.2) is 49.1 Å². The van der Waals surface area contributed by atoms with Crippen LogP contribution in [-0.4, -0.2) is 6.61 Å². The van der Waals surface area contributed by atoms with Gasteiger partial charge in [-0.3, -0.25) is 0 Å². The predicted octanol–water partition coefficient (Wildman–Crippen LogP) is 6.41. The van der Waals surface area contributed by atoms with Gasteiger partial charge in [0.15, 0.2) is 0 Å². The Hall–Kier alpha value is -1.34. The summed E-state index contributed by atoms with van der Waals surface area (Å²) in [6.07, 6.45) is 15.3. The van der Waals surface area contributed by atoms with E-state index in [2.05, 4.69) is 49.9 Å². The van der Waals surface area contributed by atoms with Crippen molar-refractivity contribution in [3.63, 3.8) is 0 Å². The van der Waals surface area contributed by atoms with Gasteiger partial charge in [-0.15, -0.1) is 6.58 Å². The van der Waals surface area contributed by atoms with Gasteiger partial charge < -0.3 is 4.74 Å². The first-order valence-corrected chi connectivity index (χ1v) is 9.27. The largest absolute Gasteiger partial charge is 0.377 e. The molecule has 0 spiro atoms. The van der Waals surface area contributed by atoms with Crippen molar-refractivity contribution in [1.82, 2.24) is 0 Å². The monoisotopic (exact) mass is 312 g/mol. The second kappa shape index (κ2) is 10.4. The van der Waals surface area contributed by atoms with E-state index in [-0.39, 0.29) is 0 Å². The number of hydrogen-bond acceptors (Lipinski definition) is 1. The molecule has 23 heavy (non-hydrogen) atoms. The Balaban J connectivity index is 1.74. The lowest BCUT2D eigenvalue weighted by atomic mass is 9.78. The van der Waals surface area contributed by atoms with Crippen LogP contribution in [0.5, 0.6) is 0 Å². The van der Waals surface area contributed by atoms with Gasteiger partial charge in [0.1, 0.15) is 0 Å². The summed E-state index contributed by atoms with van der Waals surface area (Å²) < 4.78 is 5.70. The highest BCUT2D eigenvalue weighted by molar-refractivity contribution is 5.25. The molecular weight excluding hydrogens is 280 g/mol. The molecule has 0 unspecified atom stereocenters. The second-order valence-electron chi connectivity index (χ2n) is 6.67. The summed E-state index contributed by atoms with van der Waals surface area (Å²) in [5, 5.41) is 0. The molecule has 0 amide bonds. The zero-order valence-corrected chi connectivity index (χ0v) is 14.7. The molecule has 126 valence electrons. The normalized spacial score (nSPS) is 21.6. The Morgan fingerprint density at radius 1 is 1.13 bits per heavy atom. The highest BCUT2D eigenvalue weighted by Gasteiger charge is 2.20. The lowest BCUT2D eigenvalue weighted by molar-refractivity contribution is 0.119. The molecular formula is C22H32O. The molecule has 0 aliphatic heterocycles. The van der Waals surface area contributed by atoms with Crippen LogP contribution in [0.1, 0.15) is 68.9 Å². The second-order valence-corrected chi connectivity index (χ2v) is 6.67. The third kappa shape index (κ3) is 6.35. The van der Waals surface area contributed by atoms with Crippen molar-refractivity contribution in [1.29, 1.82) is 0 Å². The maximum atomic E-state index is 5.70. The van der Waals surface area contributed by atoms with Crippen LogP contribution in [0.2, 0.25) is 0 Å². The third-order valence-corrected chi connectivity index (χ3v) is 4.83. The molecule has 1 aromatic carbocycles. The Bertz CT molecular complexity index is 463. The maximum absolute atomic E-state index is 5.70. The van der Waals surface area contributed by atoms with Gasteiger partial charge in [-0.2, -0.15) is 0 Å². The summed E-state index contributed by atoms with van der Waals surface area (Å²) in [6.45, 7) is 7.50. The molecule has 1 saturated carbocycles. The van der Waals surface area contributed by atoms with E-state index in [1.54, 1.807) is 0 Å². The van der Waals surface area contributed by atoms with Crippen molar-refractivity contribution in [2.75, 3.05) is 6.61 Å². The van der Waals surface area contributed by atoms with Crippen molar-refractivity contribution in [3.05, 3.63) is 60.2 Å². The number of hydrogen-bond donors (Lipinski definition) is 0. The molecule has 1 heteroatoms. The van der Waals surface area contributed by atoms with E-state index >= 15 is 0 Å². The minimum Gasteiger partial charge on any atom is -0.377 e. The Labute approximate surface area is 142 Å². The quantitative estimate of drug-likeness (QED) is 0.378. The van der Waals surface area contributed by atoms with Crippen LogP contribution in [0.3, 0.4) is 0 Å². The van der Waals surface area contributed by atoms with E-state index in [1.165, 1.54) is 36.8 Å². The zero-order valence-electron chi connectivity index (χ0n) is 14.7. The highest BCUT2D eigenvalue weighted by atomic mass is 16.5. The Morgan fingerprint density at radius 2 is 1.87 bits per heavy atom. The van der Waals surface area contributed by atoms with Gasteiger partial charge in [-0.05, 0) is 67.9 Å². The minimum absolute atomic E-state index is 0.728. The number of unbranched alkanes of at least 4 members (excludes halogenated alkanes) is 1. The van der Waals surface area contributed by atoms with Gasteiger partial charge in [0, 0.05) is 6.61 Å². The van der Waals surface area contributed by atoms with Crippen molar-refractivity contribution in [3.8, 4) is 0 Å². The smallest absolute Gasteiger partial charge is 0.0716 e. The van der Waals surface area contributed by atoms with Crippen LogP contribution < -0.4 is 0 Å². The van der Waals surface area contributed by atoms with E-state index in [1.807, 2.05) is 6.08 Å². The van der Waals surface area contributed by atoms with Crippen LogP contribution in [0.25, 0.3) is 0 Å². The number of allylic oxidation sites excluding steroid dienone is 3. The zero-order chi connectivity index (χ0) is 16.3. The minimum atomic E-state index is 0.728. The molecule has 1 aliphatic carbocycles. The molecule has 1 aromatic rings. The fraction of sp³-hybridized carbons (Fsp3) is 0.545. The first kappa shape index (κ1) is 18.0. The van der Waals surface area contributed by atoms with Gasteiger partial charge in [0.05, 0.1) is 6.61 Å². The van der Waals surface area contributed by atoms with E-state index in [0.717, 1.165) is 44.3 Å². The fourth-order valence-corrected chi connectivity index (χ4v) is 3.38. The van der Waals surface area contributed by atoms with Crippen molar-refractivity contribution in [2.24, 2.45) is 5.92 Å². The topological polar surface area (TPSA) is 9.23 Å². The Morgan fingerprint density at radius 3 is 2.52 bits per heavy atom. The summed E-state index contributed by atoms with van der Waals surface area (Å²) in [7, 11) is 0. The van der Waals surface area contributed by atoms with Crippen molar-refractivity contribution >= 4 is 0 Å². The molecule has 1 fully saturated rings. The predicted molar refractivity (Wildman–Crippen MR) is 99.7 cm³/mol. The summed E-state index contributed by atoms with van der Waals surface area (Å²) in [5.41, 5.74) is 2.80. The molecule has 0 radical (unpaired) electrons. The standard InChI is InChI=1S/C22H32O/c1-3-5-7-17-23-18-20-11-15-22(16-12-20)21-13-9-19(10-14-21)8-6-4-2/h3,6,8,11-12,15-16,19,21H,1,4-5,7,9-10,13-14,17-18H2,2H3/b8-6+/t19-,21-. The van der Waals surface area contributed by atoms with Crippen molar-refractivity contribution < 1.29 is 4.74 Å². The summed E-state index contributed by atoms with van der Waals surface area (Å²) in [4.78, 5) is 0. The lowest BCUT2D eigenvalue weighted by Gasteiger charge is -2.27. The molecule has 0 N–H and O–H groups in total. The van der Waals surface area contributed by atoms with Crippen LogP contribution >= 0.6 is 0 Å².